The van der Waals surface area contributed by atoms with Crippen LogP contribution in [0.25, 0.3) is 0 Å². The first-order chi connectivity index (χ1) is 11.0. The molecule has 0 saturated carbocycles. The van der Waals surface area contributed by atoms with Crippen LogP contribution in [0.2, 0.25) is 0 Å². The highest BCUT2D eigenvalue weighted by molar-refractivity contribution is 5.80. The van der Waals surface area contributed by atoms with Crippen molar-refractivity contribution in [2.24, 2.45) is 4.99 Å². The Hall–Kier alpha value is -1.97. The van der Waals surface area contributed by atoms with Crippen molar-refractivity contribution in [2.75, 3.05) is 20.2 Å². The second-order valence-corrected chi connectivity index (χ2v) is 6.59. The van der Waals surface area contributed by atoms with Gasteiger partial charge in [0.25, 0.3) is 0 Å². The second-order valence-electron chi connectivity index (χ2n) is 6.59. The highest BCUT2D eigenvalue weighted by atomic mass is 16.5. The molecule has 1 aromatic carbocycles. The zero-order chi connectivity index (χ0) is 16.7. The fraction of sp³-hybridized carbons (Fsp3) is 0.526. The average molecular weight is 315 g/mol. The van der Waals surface area contributed by atoms with E-state index in [0.29, 0.717) is 6.04 Å². The molecule has 1 aliphatic carbocycles. The Morgan fingerprint density at radius 2 is 1.87 bits per heavy atom. The number of benzene rings is 1. The van der Waals surface area contributed by atoms with E-state index in [4.69, 9.17) is 9.73 Å². The van der Waals surface area contributed by atoms with Crippen molar-refractivity contribution in [2.45, 2.75) is 45.1 Å². The molecule has 0 radical (unpaired) electrons. The number of rotatable bonds is 6. The van der Waals surface area contributed by atoms with E-state index >= 15 is 0 Å². The van der Waals surface area contributed by atoms with Gasteiger partial charge in [-0.1, -0.05) is 38.1 Å². The van der Waals surface area contributed by atoms with Gasteiger partial charge in [0, 0.05) is 18.0 Å². The first-order valence-corrected chi connectivity index (χ1v) is 8.39. The van der Waals surface area contributed by atoms with Gasteiger partial charge >= 0.3 is 0 Å². The molecule has 1 aliphatic rings. The quantitative estimate of drug-likeness (QED) is 0.481. The largest absolute Gasteiger partial charge is 0.497 e. The maximum Gasteiger partial charge on any atom is 0.191 e. The van der Waals surface area contributed by atoms with E-state index < -0.39 is 0 Å². The van der Waals surface area contributed by atoms with Gasteiger partial charge in [-0.15, -0.1) is 0 Å². The van der Waals surface area contributed by atoms with Crippen LogP contribution in [-0.4, -0.2) is 32.2 Å². The lowest BCUT2D eigenvalue weighted by Gasteiger charge is -2.25. The molecule has 0 aromatic heterocycles. The Morgan fingerprint density at radius 3 is 2.43 bits per heavy atom. The first kappa shape index (κ1) is 17.4. The molecule has 0 atom stereocenters. The van der Waals surface area contributed by atoms with Gasteiger partial charge < -0.3 is 15.4 Å². The van der Waals surface area contributed by atoms with Crippen LogP contribution in [0.1, 0.15) is 39.2 Å². The number of hydrogen-bond acceptors (Lipinski definition) is 2. The van der Waals surface area contributed by atoms with Crippen molar-refractivity contribution in [1.29, 1.82) is 0 Å². The SMILES string of the molecule is CCNC(=NCC(C)(C)c1ccc(OC)cc1)NC1CC=CC1. The summed E-state index contributed by atoms with van der Waals surface area (Å²) in [5.41, 5.74) is 1.24. The third kappa shape index (κ3) is 5.02. The summed E-state index contributed by atoms with van der Waals surface area (Å²) in [6.45, 7) is 8.14. The smallest absolute Gasteiger partial charge is 0.191 e. The molecule has 0 aliphatic heterocycles. The van der Waals surface area contributed by atoms with Crippen molar-refractivity contribution in [3.8, 4) is 5.75 Å². The van der Waals surface area contributed by atoms with Crippen LogP contribution in [0, 0.1) is 0 Å². The fourth-order valence-corrected chi connectivity index (χ4v) is 2.66. The molecule has 0 spiro atoms. The molecule has 0 fully saturated rings. The third-order valence-corrected chi connectivity index (χ3v) is 4.20. The Labute approximate surface area is 140 Å². The van der Waals surface area contributed by atoms with Gasteiger partial charge in [0.2, 0.25) is 0 Å². The van der Waals surface area contributed by atoms with E-state index in [1.54, 1.807) is 7.11 Å². The van der Waals surface area contributed by atoms with Gasteiger partial charge in [0.05, 0.1) is 13.7 Å². The monoisotopic (exact) mass is 315 g/mol. The van der Waals surface area contributed by atoms with E-state index in [-0.39, 0.29) is 5.41 Å². The summed E-state index contributed by atoms with van der Waals surface area (Å²) in [5.74, 6) is 1.79. The number of nitrogens with zero attached hydrogens (tertiary/aromatic N) is 1. The summed E-state index contributed by atoms with van der Waals surface area (Å²) < 4.78 is 5.23. The summed E-state index contributed by atoms with van der Waals surface area (Å²) in [5, 5.41) is 6.86. The first-order valence-electron chi connectivity index (χ1n) is 8.39. The van der Waals surface area contributed by atoms with Crippen LogP contribution in [-0.2, 0) is 5.41 Å². The Bertz CT molecular complexity index is 538. The van der Waals surface area contributed by atoms with E-state index in [0.717, 1.165) is 37.6 Å². The number of hydrogen-bond donors (Lipinski definition) is 2. The van der Waals surface area contributed by atoms with Crippen molar-refractivity contribution >= 4 is 5.96 Å². The predicted molar refractivity (Wildman–Crippen MR) is 97.3 cm³/mol. The topological polar surface area (TPSA) is 45.7 Å². The van der Waals surface area contributed by atoms with Crippen LogP contribution < -0.4 is 15.4 Å². The van der Waals surface area contributed by atoms with Crippen LogP contribution in [0.4, 0.5) is 0 Å². The molecule has 0 saturated heterocycles. The molecule has 4 nitrogen and oxygen atoms in total. The number of ether oxygens (including phenoxy) is 1. The summed E-state index contributed by atoms with van der Waals surface area (Å²) in [4.78, 5) is 4.80. The predicted octanol–water partition coefficient (Wildman–Crippen LogP) is 3.25. The lowest BCUT2D eigenvalue weighted by molar-refractivity contribution is 0.414. The van der Waals surface area contributed by atoms with Gasteiger partial charge in [0.1, 0.15) is 5.75 Å². The van der Waals surface area contributed by atoms with Crippen molar-refractivity contribution in [3.05, 3.63) is 42.0 Å². The minimum absolute atomic E-state index is 0.0252. The molecule has 2 rings (SSSR count). The average Bonchev–Trinajstić information content (AvgIpc) is 3.06. The number of nitrogens with one attached hydrogen (secondary N) is 2. The summed E-state index contributed by atoms with van der Waals surface area (Å²) in [6.07, 6.45) is 6.60. The van der Waals surface area contributed by atoms with Crippen LogP contribution in [0.5, 0.6) is 5.75 Å². The second kappa shape index (κ2) is 8.04. The zero-order valence-electron chi connectivity index (χ0n) is 14.7. The normalized spacial score (nSPS) is 15.7. The molecule has 4 heteroatoms. The lowest BCUT2D eigenvalue weighted by Crippen LogP contribution is -2.43. The molecular weight excluding hydrogens is 286 g/mol. The molecular formula is C19H29N3O. The minimum Gasteiger partial charge on any atom is -0.497 e. The minimum atomic E-state index is -0.0252. The molecule has 2 N–H and O–H groups in total. The van der Waals surface area contributed by atoms with Crippen molar-refractivity contribution < 1.29 is 4.74 Å². The number of aliphatic imine (C=N–C) groups is 1. The highest BCUT2D eigenvalue weighted by Gasteiger charge is 2.21. The van der Waals surface area contributed by atoms with Gasteiger partial charge in [-0.25, -0.2) is 0 Å². The summed E-state index contributed by atoms with van der Waals surface area (Å²) >= 11 is 0. The van der Waals surface area contributed by atoms with E-state index in [1.807, 2.05) is 12.1 Å². The number of methoxy groups -OCH3 is 1. The lowest BCUT2D eigenvalue weighted by atomic mass is 9.85. The molecule has 0 amide bonds. The van der Waals surface area contributed by atoms with Crippen molar-refractivity contribution in [1.82, 2.24) is 10.6 Å². The molecule has 0 unspecified atom stereocenters. The van der Waals surface area contributed by atoms with Crippen molar-refractivity contribution in [3.63, 3.8) is 0 Å². The Morgan fingerprint density at radius 1 is 1.22 bits per heavy atom. The zero-order valence-corrected chi connectivity index (χ0v) is 14.7. The molecule has 0 heterocycles. The van der Waals surface area contributed by atoms with Gasteiger partial charge in [-0.2, -0.15) is 0 Å². The molecule has 1 aromatic rings. The van der Waals surface area contributed by atoms with Gasteiger partial charge in [0.15, 0.2) is 5.96 Å². The fourth-order valence-electron chi connectivity index (χ4n) is 2.66. The highest BCUT2D eigenvalue weighted by Crippen LogP contribution is 2.25. The maximum absolute atomic E-state index is 5.23. The number of guanidine groups is 1. The summed E-state index contributed by atoms with van der Waals surface area (Å²) in [6, 6.07) is 8.73. The van der Waals surface area contributed by atoms with E-state index in [2.05, 4.69) is 55.7 Å². The van der Waals surface area contributed by atoms with Crippen LogP contribution in [0.15, 0.2) is 41.4 Å². The standard InChI is InChI=1S/C19H29N3O/c1-5-20-18(22-16-8-6-7-9-16)21-14-19(2,3)15-10-12-17(23-4)13-11-15/h6-7,10-13,16H,5,8-9,14H2,1-4H3,(H2,20,21,22). The summed E-state index contributed by atoms with van der Waals surface area (Å²) in [7, 11) is 1.69. The van der Waals surface area contributed by atoms with Gasteiger partial charge in [-0.05, 0) is 37.5 Å². The van der Waals surface area contributed by atoms with Crippen LogP contribution in [0.3, 0.4) is 0 Å². The molecule has 126 valence electrons. The van der Waals surface area contributed by atoms with E-state index in [9.17, 15) is 0 Å². The molecule has 23 heavy (non-hydrogen) atoms. The third-order valence-electron chi connectivity index (χ3n) is 4.20. The Balaban J connectivity index is 2.02. The van der Waals surface area contributed by atoms with Crippen LogP contribution >= 0.6 is 0 Å². The maximum atomic E-state index is 5.23. The Kier molecular flexibility index (Phi) is 6.08. The van der Waals surface area contributed by atoms with Gasteiger partial charge in [-0.3, -0.25) is 4.99 Å². The van der Waals surface area contributed by atoms with E-state index in [1.165, 1.54) is 5.56 Å². The molecule has 0 bridgehead atoms.